The average Bonchev–Trinajstić information content (AvgIpc) is 2.61. The first kappa shape index (κ1) is 11.9. The Balaban J connectivity index is 2.21. The number of rotatable bonds is 2. The second kappa shape index (κ2) is 4.73. The van der Waals surface area contributed by atoms with Crippen molar-refractivity contribution < 1.29 is 5.11 Å². The van der Waals surface area contributed by atoms with Crippen LogP contribution in [0.3, 0.4) is 0 Å². The molecule has 0 aromatic heterocycles. The molecule has 2 unspecified atom stereocenters. The molecule has 0 saturated carbocycles. The van der Waals surface area contributed by atoms with Crippen LogP contribution in [-0.4, -0.2) is 16.9 Å². The van der Waals surface area contributed by atoms with Gasteiger partial charge in [0.05, 0.1) is 11.4 Å². The van der Waals surface area contributed by atoms with E-state index in [1.807, 2.05) is 29.7 Å². The van der Waals surface area contributed by atoms with Gasteiger partial charge in [0.2, 0.25) is 0 Å². The lowest BCUT2D eigenvalue weighted by Gasteiger charge is -2.16. The summed E-state index contributed by atoms with van der Waals surface area (Å²) in [6, 6.07) is 7.94. The summed E-state index contributed by atoms with van der Waals surface area (Å²) in [6.07, 6.45) is -0.566. The predicted octanol–water partition coefficient (Wildman–Crippen LogP) is 3.52. The third-order valence-electron chi connectivity index (χ3n) is 2.58. The van der Waals surface area contributed by atoms with Crippen molar-refractivity contribution in [2.24, 2.45) is 0 Å². The molecule has 0 fully saturated rings. The van der Waals surface area contributed by atoms with Gasteiger partial charge < -0.3 is 10.5 Å². The standard InChI is InChI=1S/C12H12BrNOS/c1-7(14)10-6-16-12(11(10)15)8-2-4-9(13)5-3-8/h2-6,11-12,14-15H,1H3. The van der Waals surface area contributed by atoms with E-state index in [1.165, 1.54) is 0 Å². The maximum Gasteiger partial charge on any atom is 0.0974 e. The Hall–Kier alpha value is -0.580. The van der Waals surface area contributed by atoms with Crippen molar-refractivity contribution in [3.63, 3.8) is 0 Å². The van der Waals surface area contributed by atoms with E-state index in [1.54, 1.807) is 18.7 Å². The first-order chi connectivity index (χ1) is 7.59. The van der Waals surface area contributed by atoms with E-state index in [2.05, 4.69) is 15.9 Å². The van der Waals surface area contributed by atoms with Gasteiger partial charge in [0.15, 0.2) is 0 Å². The molecule has 16 heavy (non-hydrogen) atoms. The van der Waals surface area contributed by atoms with E-state index >= 15 is 0 Å². The second-order valence-electron chi connectivity index (χ2n) is 3.75. The van der Waals surface area contributed by atoms with E-state index in [4.69, 9.17) is 5.41 Å². The highest BCUT2D eigenvalue weighted by Gasteiger charge is 2.30. The zero-order valence-corrected chi connectivity index (χ0v) is 11.2. The number of hydrogen-bond acceptors (Lipinski definition) is 3. The van der Waals surface area contributed by atoms with Crippen LogP contribution >= 0.6 is 27.7 Å². The molecule has 1 aromatic rings. The minimum Gasteiger partial charge on any atom is -0.387 e. The molecular formula is C12H12BrNOS. The molecule has 1 heterocycles. The minimum absolute atomic E-state index is 0.0170. The van der Waals surface area contributed by atoms with E-state index in [0.717, 1.165) is 15.6 Å². The van der Waals surface area contributed by atoms with Gasteiger partial charge in [-0.15, -0.1) is 11.8 Å². The molecular weight excluding hydrogens is 286 g/mol. The molecule has 0 bridgehead atoms. The number of benzene rings is 1. The van der Waals surface area contributed by atoms with Crippen LogP contribution in [0.5, 0.6) is 0 Å². The highest BCUT2D eigenvalue weighted by Crippen LogP contribution is 2.42. The van der Waals surface area contributed by atoms with Crippen molar-refractivity contribution in [1.29, 1.82) is 5.41 Å². The number of halogens is 1. The quantitative estimate of drug-likeness (QED) is 0.820. The Labute approximate surface area is 107 Å². The molecule has 2 N–H and O–H groups in total. The van der Waals surface area contributed by atoms with Gasteiger partial charge in [0.1, 0.15) is 0 Å². The normalized spacial score (nSPS) is 24.3. The van der Waals surface area contributed by atoms with Crippen molar-refractivity contribution in [2.75, 3.05) is 0 Å². The SMILES string of the molecule is CC(=N)C1=CSC(c2ccc(Br)cc2)C1O. The Morgan fingerprint density at radius 1 is 1.38 bits per heavy atom. The zero-order chi connectivity index (χ0) is 11.7. The van der Waals surface area contributed by atoms with Crippen molar-refractivity contribution in [3.05, 3.63) is 45.3 Å². The highest BCUT2D eigenvalue weighted by atomic mass is 79.9. The summed E-state index contributed by atoms with van der Waals surface area (Å²) < 4.78 is 1.03. The fraction of sp³-hybridized carbons (Fsp3) is 0.250. The topological polar surface area (TPSA) is 44.1 Å². The molecule has 1 aliphatic heterocycles. The molecule has 84 valence electrons. The molecule has 1 aromatic carbocycles. The van der Waals surface area contributed by atoms with E-state index in [9.17, 15) is 5.11 Å². The summed E-state index contributed by atoms with van der Waals surface area (Å²) >= 11 is 4.97. The van der Waals surface area contributed by atoms with Crippen LogP contribution in [0.4, 0.5) is 0 Å². The first-order valence-corrected chi connectivity index (χ1v) is 6.68. The van der Waals surface area contributed by atoms with Gasteiger partial charge in [-0.05, 0) is 30.0 Å². The van der Waals surface area contributed by atoms with Crippen LogP contribution < -0.4 is 0 Å². The van der Waals surface area contributed by atoms with Gasteiger partial charge >= 0.3 is 0 Å². The summed E-state index contributed by atoms with van der Waals surface area (Å²) in [7, 11) is 0. The van der Waals surface area contributed by atoms with E-state index < -0.39 is 6.10 Å². The fourth-order valence-corrected chi connectivity index (χ4v) is 3.16. The molecule has 2 nitrogen and oxygen atoms in total. The van der Waals surface area contributed by atoms with Crippen LogP contribution in [0.1, 0.15) is 17.7 Å². The van der Waals surface area contributed by atoms with Crippen LogP contribution in [-0.2, 0) is 0 Å². The number of aliphatic hydroxyl groups excluding tert-OH is 1. The van der Waals surface area contributed by atoms with Gasteiger partial charge in [0, 0.05) is 15.8 Å². The largest absolute Gasteiger partial charge is 0.387 e. The lowest BCUT2D eigenvalue weighted by Crippen LogP contribution is -2.17. The Bertz CT molecular complexity index is 441. The number of nitrogens with one attached hydrogen (secondary N) is 1. The Morgan fingerprint density at radius 2 is 2.00 bits per heavy atom. The number of hydrogen-bond donors (Lipinski definition) is 2. The second-order valence-corrected chi connectivity index (χ2v) is 5.68. The fourth-order valence-electron chi connectivity index (χ4n) is 1.68. The van der Waals surface area contributed by atoms with Gasteiger partial charge in [0.25, 0.3) is 0 Å². The number of thioether (sulfide) groups is 1. The lowest BCUT2D eigenvalue weighted by molar-refractivity contribution is 0.217. The molecule has 0 aliphatic carbocycles. The minimum atomic E-state index is -0.566. The third-order valence-corrected chi connectivity index (χ3v) is 4.32. The maximum absolute atomic E-state index is 10.1. The maximum atomic E-state index is 10.1. The smallest absolute Gasteiger partial charge is 0.0974 e. The molecule has 0 spiro atoms. The molecule has 2 rings (SSSR count). The van der Waals surface area contributed by atoms with Crippen LogP contribution in [0.15, 0.2) is 39.7 Å². The highest BCUT2D eigenvalue weighted by molar-refractivity contribution is 9.10. The third kappa shape index (κ3) is 2.24. The first-order valence-electron chi connectivity index (χ1n) is 4.94. The number of aliphatic hydroxyl groups is 1. The van der Waals surface area contributed by atoms with Crippen molar-refractivity contribution in [1.82, 2.24) is 0 Å². The van der Waals surface area contributed by atoms with Gasteiger partial charge in [-0.2, -0.15) is 0 Å². The van der Waals surface area contributed by atoms with Gasteiger partial charge in [-0.25, -0.2) is 0 Å². The molecule has 1 aliphatic rings. The van der Waals surface area contributed by atoms with Gasteiger partial charge in [-0.3, -0.25) is 0 Å². The van der Waals surface area contributed by atoms with E-state index in [-0.39, 0.29) is 5.25 Å². The van der Waals surface area contributed by atoms with Crippen LogP contribution in [0.2, 0.25) is 0 Å². The van der Waals surface area contributed by atoms with Crippen LogP contribution in [0, 0.1) is 5.41 Å². The molecule has 0 radical (unpaired) electrons. The summed E-state index contributed by atoms with van der Waals surface area (Å²) in [5.41, 5.74) is 2.27. The lowest BCUT2D eigenvalue weighted by atomic mass is 10.00. The zero-order valence-electron chi connectivity index (χ0n) is 8.77. The van der Waals surface area contributed by atoms with E-state index in [0.29, 0.717) is 5.71 Å². The molecule has 2 atom stereocenters. The molecule has 0 amide bonds. The predicted molar refractivity (Wildman–Crippen MR) is 72.0 cm³/mol. The molecule has 0 saturated heterocycles. The summed E-state index contributed by atoms with van der Waals surface area (Å²) in [6.45, 7) is 1.71. The monoisotopic (exact) mass is 297 g/mol. The van der Waals surface area contributed by atoms with Crippen molar-refractivity contribution in [3.8, 4) is 0 Å². The summed E-state index contributed by atoms with van der Waals surface area (Å²) in [5, 5.41) is 19.6. The molecule has 4 heteroatoms. The summed E-state index contributed by atoms with van der Waals surface area (Å²) in [5.74, 6) is 0. The average molecular weight is 298 g/mol. The van der Waals surface area contributed by atoms with Gasteiger partial charge in [-0.1, -0.05) is 28.1 Å². The van der Waals surface area contributed by atoms with Crippen LogP contribution in [0.25, 0.3) is 0 Å². The van der Waals surface area contributed by atoms with Crippen molar-refractivity contribution >= 4 is 33.4 Å². The summed E-state index contributed by atoms with van der Waals surface area (Å²) in [4.78, 5) is 0. The van der Waals surface area contributed by atoms with Crippen molar-refractivity contribution in [2.45, 2.75) is 18.3 Å². The Kier molecular flexibility index (Phi) is 3.52. The Morgan fingerprint density at radius 3 is 2.50 bits per heavy atom.